The molecule has 6 nitrogen and oxygen atoms in total. The van der Waals surface area contributed by atoms with Crippen LogP contribution < -0.4 is 0 Å². The number of fused-ring (bicyclic) bond motifs is 1. The quantitative estimate of drug-likeness (QED) is 0.495. The van der Waals surface area contributed by atoms with Gasteiger partial charge in [-0.15, -0.1) is 6.58 Å². The number of nitrogens with zero attached hydrogens (tertiary/aromatic N) is 3. The molecule has 28 heavy (non-hydrogen) atoms. The largest absolute Gasteiger partial charge is 0.357 e. The molecule has 2 N–H and O–H groups in total. The highest BCUT2D eigenvalue weighted by Crippen LogP contribution is 2.27. The van der Waals surface area contributed by atoms with Gasteiger partial charge in [0.05, 0.1) is 11.7 Å². The molecule has 0 aliphatic rings. The van der Waals surface area contributed by atoms with E-state index in [1.54, 1.807) is 17.2 Å². The molecule has 0 aliphatic carbocycles. The number of amides is 1. The molecule has 1 amide bonds. The van der Waals surface area contributed by atoms with Crippen molar-refractivity contribution in [3.05, 3.63) is 85.1 Å². The fourth-order valence-electron chi connectivity index (χ4n) is 3.38. The van der Waals surface area contributed by atoms with Crippen LogP contribution in [0.15, 0.2) is 73.8 Å². The Kier molecular flexibility index (Phi) is 4.76. The monoisotopic (exact) mass is 371 g/mol. The van der Waals surface area contributed by atoms with Crippen LogP contribution in [0.4, 0.5) is 0 Å². The summed E-state index contributed by atoms with van der Waals surface area (Å²) in [4.78, 5) is 29.8. The van der Waals surface area contributed by atoms with E-state index < -0.39 is 0 Å². The van der Waals surface area contributed by atoms with E-state index in [9.17, 15) is 4.79 Å². The van der Waals surface area contributed by atoms with Gasteiger partial charge >= 0.3 is 0 Å². The minimum Gasteiger partial charge on any atom is -0.357 e. The summed E-state index contributed by atoms with van der Waals surface area (Å²) >= 11 is 0. The third-order valence-corrected chi connectivity index (χ3v) is 4.88. The van der Waals surface area contributed by atoms with Gasteiger partial charge in [0, 0.05) is 29.9 Å². The zero-order valence-corrected chi connectivity index (χ0v) is 15.6. The summed E-state index contributed by atoms with van der Waals surface area (Å²) in [6.07, 6.45) is 6.90. The van der Waals surface area contributed by atoms with Gasteiger partial charge in [-0.25, -0.2) is 9.97 Å². The maximum absolute atomic E-state index is 13.2. The molecule has 4 aromatic rings. The Balaban J connectivity index is 1.65. The van der Waals surface area contributed by atoms with Crippen molar-refractivity contribution >= 4 is 16.9 Å². The predicted molar refractivity (Wildman–Crippen MR) is 110 cm³/mol. The van der Waals surface area contributed by atoms with E-state index >= 15 is 0 Å². The van der Waals surface area contributed by atoms with Crippen LogP contribution in [0.1, 0.15) is 29.0 Å². The first-order valence-electron chi connectivity index (χ1n) is 9.12. The summed E-state index contributed by atoms with van der Waals surface area (Å²) in [6, 6.07) is 13.7. The molecule has 3 aromatic heterocycles. The third kappa shape index (κ3) is 3.20. The van der Waals surface area contributed by atoms with Crippen LogP contribution in [0.25, 0.3) is 22.3 Å². The van der Waals surface area contributed by atoms with Gasteiger partial charge in [-0.05, 0) is 24.6 Å². The zero-order chi connectivity index (χ0) is 19.5. The van der Waals surface area contributed by atoms with Gasteiger partial charge in [-0.2, -0.15) is 0 Å². The van der Waals surface area contributed by atoms with E-state index in [0.717, 1.165) is 27.9 Å². The number of carbonyl (C=O) groups is 1. The molecule has 0 saturated heterocycles. The molecule has 6 heteroatoms. The van der Waals surface area contributed by atoms with Crippen LogP contribution in [0.3, 0.4) is 0 Å². The maximum Gasteiger partial charge on any atom is 0.271 e. The standard InChI is InChI=1S/C22H21N5O/c1-3-11-27(15(2)16-7-5-4-6-8-16)22(28)19-12-17(13-24-19)20-18-9-10-23-21(18)26-14-25-20/h3-10,12-15,24H,1,11H2,2H3,(H,23,25,26). The first-order chi connectivity index (χ1) is 13.7. The molecular weight excluding hydrogens is 350 g/mol. The van der Waals surface area contributed by atoms with E-state index in [-0.39, 0.29) is 11.9 Å². The molecule has 1 atom stereocenters. The highest BCUT2D eigenvalue weighted by molar-refractivity contribution is 5.96. The van der Waals surface area contributed by atoms with Crippen molar-refractivity contribution in [3.8, 4) is 11.3 Å². The molecule has 0 spiro atoms. The van der Waals surface area contributed by atoms with Gasteiger partial charge in [0.2, 0.25) is 0 Å². The summed E-state index contributed by atoms with van der Waals surface area (Å²) in [5.41, 5.74) is 4.00. The number of rotatable bonds is 6. The van der Waals surface area contributed by atoms with Crippen LogP contribution in [-0.4, -0.2) is 37.3 Å². The lowest BCUT2D eigenvalue weighted by atomic mass is 10.1. The van der Waals surface area contributed by atoms with Crippen molar-refractivity contribution < 1.29 is 4.79 Å². The Morgan fingerprint density at radius 3 is 2.82 bits per heavy atom. The van der Waals surface area contributed by atoms with E-state index in [2.05, 4.69) is 26.5 Å². The molecule has 0 saturated carbocycles. The minimum absolute atomic E-state index is 0.0751. The Hall–Kier alpha value is -3.67. The smallest absolute Gasteiger partial charge is 0.271 e. The number of carbonyl (C=O) groups excluding carboxylic acids is 1. The summed E-state index contributed by atoms with van der Waals surface area (Å²) in [6.45, 7) is 6.29. The van der Waals surface area contributed by atoms with E-state index in [1.807, 2.05) is 55.6 Å². The number of nitrogens with one attached hydrogen (secondary N) is 2. The first-order valence-corrected chi connectivity index (χ1v) is 9.12. The Morgan fingerprint density at radius 2 is 2.04 bits per heavy atom. The fourth-order valence-corrected chi connectivity index (χ4v) is 3.38. The van der Waals surface area contributed by atoms with Gasteiger partial charge in [0.15, 0.2) is 0 Å². The first kappa shape index (κ1) is 17.7. The van der Waals surface area contributed by atoms with Crippen molar-refractivity contribution in [1.82, 2.24) is 24.8 Å². The second-order valence-electron chi connectivity index (χ2n) is 6.60. The molecule has 4 rings (SSSR count). The molecular formula is C22H21N5O. The SMILES string of the molecule is C=CCN(C(=O)c1cc(-c2ncnc3[nH]ccc23)c[nH]1)C(C)c1ccccc1. The number of aromatic nitrogens is 4. The van der Waals surface area contributed by atoms with Crippen molar-refractivity contribution in [2.24, 2.45) is 0 Å². The number of hydrogen-bond acceptors (Lipinski definition) is 3. The molecule has 0 radical (unpaired) electrons. The van der Waals surface area contributed by atoms with Crippen molar-refractivity contribution in [2.75, 3.05) is 6.54 Å². The van der Waals surface area contributed by atoms with Gasteiger partial charge in [-0.3, -0.25) is 4.79 Å². The van der Waals surface area contributed by atoms with Gasteiger partial charge in [-0.1, -0.05) is 36.4 Å². The van der Waals surface area contributed by atoms with Crippen LogP contribution in [0.2, 0.25) is 0 Å². The van der Waals surface area contributed by atoms with E-state index in [4.69, 9.17) is 0 Å². The number of benzene rings is 1. The highest BCUT2D eigenvalue weighted by Gasteiger charge is 2.23. The predicted octanol–water partition coefficient (Wildman–Crippen LogP) is 4.34. The van der Waals surface area contributed by atoms with Crippen molar-refractivity contribution in [1.29, 1.82) is 0 Å². The highest BCUT2D eigenvalue weighted by atomic mass is 16.2. The zero-order valence-electron chi connectivity index (χ0n) is 15.6. The number of H-pyrrole nitrogens is 2. The summed E-state index contributed by atoms with van der Waals surface area (Å²) in [5.74, 6) is -0.0816. The Bertz CT molecular complexity index is 1110. The number of hydrogen-bond donors (Lipinski definition) is 2. The minimum atomic E-state index is -0.0816. The molecule has 0 fully saturated rings. The van der Waals surface area contributed by atoms with Crippen LogP contribution in [-0.2, 0) is 0 Å². The average Bonchev–Trinajstić information content (AvgIpc) is 3.41. The number of aromatic amines is 2. The Labute approximate surface area is 163 Å². The van der Waals surface area contributed by atoms with Crippen LogP contribution in [0.5, 0.6) is 0 Å². The molecule has 3 heterocycles. The summed E-state index contributed by atoms with van der Waals surface area (Å²) in [5, 5.41) is 0.918. The molecule has 1 aromatic carbocycles. The summed E-state index contributed by atoms with van der Waals surface area (Å²) in [7, 11) is 0. The molecule has 0 aliphatic heterocycles. The van der Waals surface area contributed by atoms with Gasteiger partial charge in [0.1, 0.15) is 17.7 Å². The lowest BCUT2D eigenvalue weighted by Crippen LogP contribution is -2.34. The fraction of sp³-hybridized carbons (Fsp3) is 0.136. The lowest BCUT2D eigenvalue weighted by Gasteiger charge is -2.28. The second-order valence-corrected chi connectivity index (χ2v) is 6.60. The van der Waals surface area contributed by atoms with Crippen LogP contribution >= 0.6 is 0 Å². The topological polar surface area (TPSA) is 77.7 Å². The molecule has 140 valence electrons. The Morgan fingerprint density at radius 1 is 1.21 bits per heavy atom. The normalized spacial score (nSPS) is 12.0. The summed E-state index contributed by atoms with van der Waals surface area (Å²) < 4.78 is 0. The molecule has 0 bridgehead atoms. The van der Waals surface area contributed by atoms with Gasteiger partial charge < -0.3 is 14.9 Å². The van der Waals surface area contributed by atoms with Crippen molar-refractivity contribution in [3.63, 3.8) is 0 Å². The average molecular weight is 371 g/mol. The maximum atomic E-state index is 13.2. The van der Waals surface area contributed by atoms with Crippen molar-refractivity contribution in [2.45, 2.75) is 13.0 Å². The van der Waals surface area contributed by atoms with E-state index in [1.165, 1.54) is 6.33 Å². The third-order valence-electron chi connectivity index (χ3n) is 4.88. The van der Waals surface area contributed by atoms with Gasteiger partial charge in [0.25, 0.3) is 5.91 Å². The van der Waals surface area contributed by atoms with Crippen LogP contribution in [0, 0.1) is 0 Å². The molecule has 1 unspecified atom stereocenters. The second kappa shape index (κ2) is 7.52. The lowest BCUT2D eigenvalue weighted by molar-refractivity contribution is 0.0709. The van der Waals surface area contributed by atoms with E-state index in [0.29, 0.717) is 12.2 Å².